The Morgan fingerprint density at radius 3 is 2.69 bits per heavy atom. The fourth-order valence-electron chi connectivity index (χ4n) is 4.71. The highest BCUT2D eigenvalue weighted by atomic mass is 16.4. The number of pyridine rings is 1. The largest absolute Gasteiger partial charge is 0.423 e. The van der Waals surface area contributed by atoms with Gasteiger partial charge in [0.15, 0.2) is 5.76 Å². The van der Waals surface area contributed by atoms with Gasteiger partial charge in [-0.3, -0.25) is 19.1 Å². The number of piperidine rings is 1. The number of nitrogens with zero attached hydrogens (tertiary/aromatic N) is 4. The average molecular weight is 523 g/mol. The van der Waals surface area contributed by atoms with Crippen molar-refractivity contribution in [2.45, 2.75) is 33.1 Å². The number of hydrogen-bond acceptors (Lipinski definition) is 7. The normalized spacial score (nSPS) is 13.6. The van der Waals surface area contributed by atoms with Crippen molar-refractivity contribution in [3.63, 3.8) is 0 Å². The minimum Gasteiger partial charge on any atom is -0.423 e. The van der Waals surface area contributed by atoms with Crippen LogP contribution in [0.2, 0.25) is 0 Å². The molecule has 1 saturated heterocycles. The minimum atomic E-state index is -0.190. The highest BCUT2D eigenvalue weighted by Gasteiger charge is 2.16. The molecule has 39 heavy (non-hydrogen) atoms. The quantitative estimate of drug-likeness (QED) is 0.345. The Morgan fingerprint density at radius 2 is 1.90 bits per heavy atom. The fraction of sp³-hybridized carbons (Fsp3) is 0.267. The number of aromatic nitrogens is 2. The Labute approximate surface area is 226 Å². The van der Waals surface area contributed by atoms with Gasteiger partial charge in [0.25, 0.3) is 11.6 Å². The SMILES string of the molecule is Cc1ccc(NC(=O)CN2CCCCC2)cc1Nc1ncc(-c2ccc(C#N)c(-n3cccc(C)c3=O)c2)o1. The maximum atomic E-state index is 12.7. The Hall–Kier alpha value is -4.68. The summed E-state index contributed by atoms with van der Waals surface area (Å²) >= 11 is 0. The number of benzene rings is 2. The molecule has 0 spiro atoms. The second-order valence-electron chi connectivity index (χ2n) is 9.78. The molecule has 198 valence electrons. The second-order valence-corrected chi connectivity index (χ2v) is 9.78. The molecule has 9 heteroatoms. The standard InChI is InChI=1S/C30H30N6O3/c1-20-8-11-24(33-28(37)19-35-12-4-3-5-13-35)16-25(20)34-30-32-18-27(39-30)22-9-10-23(17-31)26(15-22)36-14-6-7-21(2)29(36)38/h6-11,14-16,18H,3-5,12-13,19H2,1-2H3,(H,32,34)(H,33,37). The number of hydrogen-bond donors (Lipinski definition) is 2. The van der Waals surface area contributed by atoms with Crippen LogP contribution in [0.5, 0.6) is 0 Å². The number of aryl methyl sites for hydroxylation is 2. The van der Waals surface area contributed by atoms with E-state index in [9.17, 15) is 14.9 Å². The van der Waals surface area contributed by atoms with E-state index in [-0.39, 0.29) is 17.5 Å². The predicted octanol–water partition coefficient (Wildman–Crippen LogP) is 5.15. The van der Waals surface area contributed by atoms with E-state index in [4.69, 9.17) is 4.42 Å². The Balaban J connectivity index is 1.34. The van der Waals surface area contributed by atoms with Crippen LogP contribution in [0.4, 0.5) is 17.4 Å². The van der Waals surface area contributed by atoms with Crippen molar-refractivity contribution in [3.8, 4) is 23.1 Å². The summed E-state index contributed by atoms with van der Waals surface area (Å²) in [5.41, 5.74) is 4.32. The number of oxazole rings is 1. The van der Waals surface area contributed by atoms with E-state index in [0.29, 0.717) is 40.4 Å². The minimum absolute atomic E-state index is 0.0329. The van der Waals surface area contributed by atoms with Crippen LogP contribution in [0.25, 0.3) is 17.0 Å². The van der Waals surface area contributed by atoms with Crippen molar-refractivity contribution in [1.29, 1.82) is 5.26 Å². The molecule has 0 unspecified atom stereocenters. The van der Waals surface area contributed by atoms with Gasteiger partial charge in [-0.15, -0.1) is 0 Å². The number of likely N-dealkylation sites (tertiary alicyclic amines) is 1. The summed E-state index contributed by atoms with van der Waals surface area (Å²) in [4.78, 5) is 31.8. The molecule has 2 N–H and O–H groups in total. The molecule has 1 fully saturated rings. The maximum absolute atomic E-state index is 12.7. The van der Waals surface area contributed by atoms with Crippen LogP contribution < -0.4 is 16.2 Å². The van der Waals surface area contributed by atoms with Gasteiger partial charge in [0.2, 0.25) is 5.91 Å². The molecular formula is C30H30N6O3. The van der Waals surface area contributed by atoms with E-state index in [1.165, 1.54) is 11.0 Å². The predicted molar refractivity (Wildman–Crippen MR) is 150 cm³/mol. The summed E-state index contributed by atoms with van der Waals surface area (Å²) in [6.45, 7) is 6.01. The van der Waals surface area contributed by atoms with Crippen LogP contribution in [-0.4, -0.2) is 40.0 Å². The van der Waals surface area contributed by atoms with Crippen LogP contribution in [0.15, 0.2) is 70.1 Å². The van der Waals surface area contributed by atoms with E-state index < -0.39 is 0 Å². The molecule has 5 rings (SSSR count). The van der Waals surface area contributed by atoms with Crippen LogP contribution in [0.1, 0.15) is 36.0 Å². The molecule has 3 heterocycles. The van der Waals surface area contributed by atoms with E-state index in [2.05, 4.69) is 26.6 Å². The molecule has 0 atom stereocenters. The molecule has 1 aliphatic heterocycles. The smallest absolute Gasteiger partial charge is 0.299 e. The van der Waals surface area contributed by atoms with E-state index in [1.54, 1.807) is 49.6 Å². The number of anilines is 3. The molecule has 0 aliphatic carbocycles. The first-order valence-corrected chi connectivity index (χ1v) is 13.0. The summed E-state index contributed by atoms with van der Waals surface area (Å²) in [6.07, 6.45) is 6.74. The number of nitriles is 1. The Bertz CT molecular complexity index is 1610. The highest BCUT2D eigenvalue weighted by Crippen LogP contribution is 2.29. The van der Waals surface area contributed by atoms with Crippen molar-refractivity contribution in [2.24, 2.45) is 0 Å². The number of amides is 1. The first kappa shape index (κ1) is 25.9. The van der Waals surface area contributed by atoms with Crippen LogP contribution >= 0.6 is 0 Å². The summed E-state index contributed by atoms with van der Waals surface area (Å²) in [5.74, 6) is 0.446. The van der Waals surface area contributed by atoms with Crippen molar-refractivity contribution >= 4 is 23.3 Å². The third-order valence-electron chi connectivity index (χ3n) is 6.88. The summed E-state index contributed by atoms with van der Waals surface area (Å²) < 4.78 is 7.44. The Morgan fingerprint density at radius 1 is 1.08 bits per heavy atom. The van der Waals surface area contributed by atoms with Crippen molar-refractivity contribution < 1.29 is 9.21 Å². The van der Waals surface area contributed by atoms with Gasteiger partial charge in [0.1, 0.15) is 6.07 Å². The van der Waals surface area contributed by atoms with Gasteiger partial charge in [0, 0.05) is 28.7 Å². The van der Waals surface area contributed by atoms with E-state index in [1.807, 2.05) is 25.1 Å². The molecule has 1 aliphatic rings. The lowest BCUT2D eigenvalue weighted by Crippen LogP contribution is -2.36. The zero-order valence-corrected chi connectivity index (χ0v) is 22.0. The summed E-state index contributed by atoms with van der Waals surface area (Å²) in [7, 11) is 0. The third kappa shape index (κ3) is 5.92. The summed E-state index contributed by atoms with van der Waals surface area (Å²) in [5, 5.41) is 15.8. The lowest BCUT2D eigenvalue weighted by molar-refractivity contribution is -0.117. The van der Waals surface area contributed by atoms with Crippen molar-refractivity contribution in [1.82, 2.24) is 14.5 Å². The number of rotatable bonds is 7. The number of nitrogens with one attached hydrogen (secondary N) is 2. The molecule has 2 aromatic carbocycles. The first-order valence-electron chi connectivity index (χ1n) is 13.0. The lowest BCUT2D eigenvalue weighted by Gasteiger charge is -2.25. The molecule has 0 bridgehead atoms. The average Bonchev–Trinajstić information content (AvgIpc) is 3.41. The van der Waals surface area contributed by atoms with Gasteiger partial charge in [0.05, 0.1) is 24.0 Å². The molecule has 9 nitrogen and oxygen atoms in total. The van der Waals surface area contributed by atoms with Gasteiger partial charge in [-0.25, -0.2) is 4.98 Å². The van der Waals surface area contributed by atoms with Crippen molar-refractivity contribution in [3.05, 3.63) is 88.0 Å². The van der Waals surface area contributed by atoms with Crippen LogP contribution in [0, 0.1) is 25.2 Å². The molecule has 0 radical (unpaired) electrons. The van der Waals surface area contributed by atoms with Crippen LogP contribution in [0.3, 0.4) is 0 Å². The van der Waals surface area contributed by atoms with Crippen LogP contribution in [-0.2, 0) is 4.79 Å². The maximum Gasteiger partial charge on any atom is 0.299 e. The highest BCUT2D eigenvalue weighted by molar-refractivity contribution is 5.93. The number of carbonyl (C=O) groups excluding carboxylic acids is 1. The molecule has 4 aromatic rings. The van der Waals surface area contributed by atoms with Gasteiger partial charge >= 0.3 is 0 Å². The van der Waals surface area contributed by atoms with Gasteiger partial charge in [-0.1, -0.05) is 18.6 Å². The van der Waals surface area contributed by atoms with Gasteiger partial charge in [-0.05, 0) is 81.7 Å². The lowest BCUT2D eigenvalue weighted by atomic mass is 10.1. The first-order chi connectivity index (χ1) is 18.9. The van der Waals surface area contributed by atoms with Gasteiger partial charge < -0.3 is 15.1 Å². The second kappa shape index (κ2) is 11.4. The zero-order valence-electron chi connectivity index (χ0n) is 22.0. The summed E-state index contributed by atoms with van der Waals surface area (Å²) in [6, 6.07) is 16.8. The molecule has 0 saturated carbocycles. The topological polar surface area (TPSA) is 116 Å². The fourth-order valence-corrected chi connectivity index (χ4v) is 4.71. The third-order valence-corrected chi connectivity index (χ3v) is 6.88. The molecule has 1 amide bonds. The van der Waals surface area contributed by atoms with Crippen molar-refractivity contribution in [2.75, 3.05) is 30.3 Å². The Kier molecular flexibility index (Phi) is 7.57. The van der Waals surface area contributed by atoms with E-state index in [0.717, 1.165) is 37.2 Å². The van der Waals surface area contributed by atoms with E-state index >= 15 is 0 Å². The monoisotopic (exact) mass is 522 g/mol. The van der Waals surface area contributed by atoms with Gasteiger partial charge in [-0.2, -0.15) is 5.26 Å². The zero-order chi connectivity index (χ0) is 27.4. The molecule has 2 aromatic heterocycles. The number of carbonyl (C=O) groups is 1. The molecular weight excluding hydrogens is 492 g/mol.